The van der Waals surface area contributed by atoms with Crippen LogP contribution in [0.4, 0.5) is 0 Å². The van der Waals surface area contributed by atoms with Gasteiger partial charge >= 0.3 is 0 Å². The van der Waals surface area contributed by atoms with Crippen LogP contribution in [0.25, 0.3) is 0 Å². The highest BCUT2D eigenvalue weighted by Crippen LogP contribution is 2.19. The summed E-state index contributed by atoms with van der Waals surface area (Å²) < 4.78 is 0. The van der Waals surface area contributed by atoms with Gasteiger partial charge in [-0.05, 0) is 32.1 Å². The smallest absolute Gasteiger partial charge is 0.222 e. The van der Waals surface area contributed by atoms with Gasteiger partial charge in [0.15, 0.2) is 0 Å². The monoisotopic (exact) mass is 972 g/mol. The molecule has 0 aliphatic carbocycles. The topological polar surface area (TPSA) is 89.8 Å². The van der Waals surface area contributed by atoms with Crippen molar-refractivity contribution in [2.75, 3.05) is 6.61 Å². The Morgan fingerprint density at radius 3 is 0.928 bits per heavy atom. The number of hydrogen-bond acceptors (Lipinski definition) is 4. The summed E-state index contributed by atoms with van der Waals surface area (Å²) in [6.45, 7) is 4.25. The van der Waals surface area contributed by atoms with E-state index in [2.05, 4.69) is 31.3 Å². The van der Waals surface area contributed by atoms with Crippen LogP contribution in [0, 0.1) is 0 Å². The molecular formula is C64H125NO4. The second-order valence-corrected chi connectivity index (χ2v) is 22.0. The number of aliphatic hydroxyl groups is 3. The van der Waals surface area contributed by atoms with Crippen molar-refractivity contribution >= 4 is 5.91 Å². The van der Waals surface area contributed by atoms with E-state index in [0.29, 0.717) is 6.42 Å². The quantitative estimate of drug-likeness (QED) is 0.0361. The van der Waals surface area contributed by atoms with Gasteiger partial charge in [-0.2, -0.15) is 0 Å². The van der Waals surface area contributed by atoms with Crippen LogP contribution >= 0.6 is 0 Å². The molecule has 0 radical (unpaired) electrons. The summed E-state index contributed by atoms with van der Waals surface area (Å²) in [5, 5.41) is 33.5. The summed E-state index contributed by atoms with van der Waals surface area (Å²) in [5.41, 5.74) is 0. The Kier molecular flexibility index (Phi) is 58.4. The Bertz CT molecular complexity index is 1030. The molecule has 0 aromatic carbocycles. The molecule has 69 heavy (non-hydrogen) atoms. The highest BCUT2D eigenvalue weighted by molar-refractivity contribution is 5.76. The van der Waals surface area contributed by atoms with E-state index < -0.39 is 18.2 Å². The van der Waals surface area contributed by atoms with Crippen LogP contribution < -0.4 is 5.32 Å². The highest BCUT2D eigenvalue weighted by Gasteiger charge is 2.20. The molecule has 1 amide bonds. The lowest BCUT2D eigenvalue weighted by Gasteiger charge is -2.21. The van der Waals surface area contributed by atoms with Gasteiger partial charge < -0.3 is 20.6 Å². The molecular weight excluding hydrogens is 847 g/mol. The molecule has 0 aliphatic rings. The number of nitrogens with one attached hydrogen (secondary N) is 1. The van der Waals surface area contributed by atoms with Gasteiger partial charge in [0.1, 0.15) is 0 Å². The second kappa shape index (κ2) is 59.4. The number of carbonyl (C=O) groups is 1. The second-order valence-electron chi connectivity index (χ2n) is 22.0. The normalized spacial score (nSPS) is 13.3. The van der Waals surface area contributed by atoms with E-state index in [9.17, 15) is 20.1 Å². The van der Waals surface area contributed by atoms with Crippen molar-refractivity contribution in [2.45, 2.75) is 372 Å². The number of allylic oxidation sites excluding steroid dienone is 3. The molecule has 0 aromatic heterocycles. The van der Waals surface area contributed by atoms with Gasteiger partial charge in [-0.1, -0.05) is 340 Å². The Morgan fingerprint density at radius 1 is 0.362 bits per heavy atom. The highest BCUT2D eigenvalue weighted by atomic mass is 16.3. The average molecular weight is 973 g/mol. The molecule has 0 bridgehead atoms. The van der Waals surface area contributed by atoms with Crippen molar-refractivity contribution in [3.63, 3.8) is 0 Å². The number of unbranched alkanes of at least 4 members (excludes halogenated alkanes) is 48. The molecule has 0 rings (SSSR count). The molecule has 0 aliphatic heterocycles. The van der Waals surface area contributed by atoms with Crippen molar-refractivity contribution in [1.82, 2.24) is 5.32 Å². The summed E-state index contributed by atoms with van der Waals surface area (Å²) in [5.74, 6) is -0.317. The van der Waals surface area contributed by atoms with Crippen LogP contribution in [0.15, 0.2) is 24.3 Å². The molecule has 0 saturated carbocycles. The fourth-order valence-corrected chi connectivity index (χ4v) is 10.2. The van der Waals surface area contributed by atoms with Crippen molar-refractivity contribution in [3.05, 3.63) is 24.3 Å². The third-order valence-electron chi connectivity index (χ3n) is 15.0. The number of rotatable bonds is 59. The zero-order chi connectivity index (χ0) is 50.0. The maximum Gasteiger partial charge on any atom is 0.222 e. The third-order valence-corrected chi connectivity index (χ3v) is 15.0. The van der Waals surface area contributed by atoms with Crippen molar-refractivity contribution in [1.29, 1.82) is 0 Å². The Hall–Kier alpha value is -1.17. The van der Waals surface area contributed by atoms with Crippen molar-refractivity contribution in [3.8, 4) is 0 Å². The van der Waals surface area contributed by atoms with Crippen LogP contribution in [-0.4, -0.2) is 46.1 Å². The Balaban J connectivity index is 3.53. The molecule has 3 unspecified atom stereocenters. The van der Waals surface area contributed by atoms with Gasteiger partial charge in [0, 0.05) is 0 Å². The maximum atomic E-state index is 12.6. The third kappa shape index (κ3) is 56.0. The minimum absolute atomic E-state index is 0.0107. The first-order valence-electron chi connectivity index (χ1n) is 31.6. The van der Waals surface area contributed by atoms with E-state index in [4.69, 9.17) is 0 Å². The standard InChI is InChI=1S/C64H125NO4/c1-3-5-7-9-11-13-15-17-19-21-23-25-27-29-30-31-32-34-35-37-39-41-43-45-47-49-51-53-55-57-61(67)59-64(69)65-62(60-66)63(68)58-56-54-52-50-48-46-44-42-40-38-36-33-28-26-24-22-20-18-16-14-12-10-8-6-4-2/h48,50,56,58,61-63,66-68H,3-47,49,51-55,57,59-60H2,1-2H3,(H,65,69)/b50-48+,58-56+. The van der Waals surface area contributed by atoms with E-state index in [-0.39, 0.29) is 18.9 Å². The Labute approximate surface area is 432 Å². The zero-order valence-corrected chi connectivity index (χ0v) is 47.0. The molecule has 0 spiro atoms. The largest absolute Gasteiger partial charge is 0.394 e. The summed E-state index contributed by atoms with van der Waals surface area (Å²) in [4.78, 5) is 12.6. The lowest BCUT2D eigenvalue weighted by molar-refractivity contribution is -0.124. The average Bonchev–Trinajstić information content (AvgIpc) is 3.35. The van der Waals surface area contributed by atoms with E-state index in [1.54, 1.807) is 6.08 Å². The van der Waals surface area contributed by atoms with Crippen LogP contribution in [-0.2, 0) is 4.79 Å². The van der Waals surface area contributed by atoms with Crippen LogP contribution in [0.5, 0.6) is 0 Å². The number of carbonyl (C=O) groups excluding carboxylic acids is 1. The molecule has 0 saturated heterocycles. The van der Waals surface area contributed by atoms with Gasteiger partial charge in [-0.15, -0.1) is 0 Å². The lowest BCUT2D eigenvalue weighted by atomic mass is 10.0. The Morgan fingerprint density at radius 2 is 0.623 bits per heavy atom. The number of aliphatic hydroxyl groups excluding tert-OH is 3. The van der Waals surface area contributed by atoms with Gasteiger partial charge in [-0.25, -0.2) is 0 Å². The first-order chi connectivity index (χ1) is 34.0. The molecule has 0 heterocycles. The van der Waals surface area contributed by atoms with E-state index in [1.165, 1.54) is 295 Å². The fraction of sp³-hybridized carbons (Fsp3) is 0.922. The molecule has 3 atom stereocenters. The molecule has 0 aromatic rings. The van der Waals surface area contributed by atoms with E-state index >= 15 is 0 Å². The molecule has 4 N–H and O–H groups in total. The summed E-state index contributed by atoms with van der Waals surface area (Å²) in [6, 6.07) is -0.760. The zero-order valence-electron chi connectivity index (χ0n) is 47.0. The molecule has 5 heteroatoms. The van der Waals surface area contributed by atoms with Crippen LogP contribution in [0.3, 0.4) is 0 Å². The summed E-state index contributed by atoms with van der Waals surface area (Å²) >= 11 is 0. The van der Waals surface area contributed by atoms with E-state index in [1.807, 2.05) is 6.08 Å². The molecule has 5 nitrogen and oxygen atoms in total. The molecule has 410 valence electrons. The predicted molar refractivity (Wildman–Crippen MR) is 305 cm³/mol. The minimum atomic E-state index is -0.951. The van der Waals surface area contributed by atoms with Crippen molar-refractivity contribution in [2.24, 2.45) is 0 Å². The predicted octanol–water partition coefficient (Wildman–Crippen LogP) is 20.0. The first-order valence-corrected chi connectivity index (χ1v) is 31.6. The number of hydrogen-bond donors (Lipinski definition) is 4. The van der Waals surface area contributed by atoms with Gasteiger partial charge in [0.05, 0.1) is 31.3 Å². The first kappa shape index (κ1) is 67.8. The van der Waals surface area contributed by atoms with Crippen molar-refractivity contribution < 1.29 is 20.1 Å². The SMILES string of the molecule is CCCCCCCCCCCCCCCCCCCCC/C=C/CC/C=C/C(O)C(CO)NC(=O)CC(O)CCCCCCCCCCCCCCCCCCCCCCCCCCCCCCC. The fourth-order valence-electron chi connectivity index (χ4n) is 10.2. The summed E-state index contributed by atoms with van der Waals surface area (Å²) in [7, 11) is 0. The molecule has 0 fully saturated rings. The van der Waals surface area contributed by atoms with Gasteiger partial charge in [0.2, 0.25) is 5.91 Å². The van der Waals surface area contributed by atoms with Gasteiger partial charge in [0.25, 0.3) is 0 Å². The maximum absolute atomic E-state index is 12.6. The number of amides is 1. The lowest BCUT2D eigenvalue weighted by Crippen LogP contribution is -2.45. The van der Waals surface area contributed by atoms with Crippen LogP contribution in [0.1, 0.15) is 354 Å². The van der Waals surface area contributed by atoms with Gasteiger partial charge in [-0.3, -0.25) is 4.79 Å². The van der Waals surface area contributed by atoms with E-state index in [0.717, 1.165) is 32.1 Å². The summed E-state index contributed by atoms with van der Waals surface area (Å²) in [6.07, 6.45) is 76.9. The van der Waals surface area contributed by atoms with Crippen LogP contribution in [0.2, 0.25) is 0 Å². The minimum Gasteiger partial charge on any atom is -0.394 e.